The van der Waals surface area contributed by atoms with Gasteiger partial charge in [0.25, 0.3) is 0 Å². The molecule has 0 saturated heterocycles. The maximum absolute atomic E-state index is 6.50. The van der Waals surface area contributed by atoms with Crippen molar-refractivity contribution in [1.82, 2.24) is 14.1 Å². The van der Waals surface area contributed by atoms with Crippen molar-refractivity contribution in [2.75, 3.05) is 0 Å². The smallest absolute Gasteiger partial charge is 0.145 e. The van der Waals surface area contributed by atoms with E-state index in [9.17, 15) is 0 Å². The van der Waals surface area contributed by atoms with E-state index >= 15 is 0 Å². The fourth-order valence-corrected chi connectivity index (χ4v) is 8.92. The molecule has 0 unspecified atom stereocenters. The van der Waals surface area contributed by atoms with Gasteiger partial charge in [0.05, 0.1) is 22.1 Å². The summed E-state index contributed by atoms with van der Waals surface area (Å²) >= 11 is 0. The van der Waals surface area contributed by atoms with Gasteiger partial charge in [-0.1, -0.05) is 127 Å². The zero-order valence-corrected chi connectivity index (χ0v) is 32.0. The number of para-hydroxylation sites is 3. The molecule has 0 fully saturated rings. The molecule has 0 bridgehead atoms. The molecule has 59 heavy (non-hydrogen) atoms. The summed E-state index contributed by atoms with van der Waals surface area (Å²) in [6.07, 6.45) is 0. The van der Waals surface area contributed by atoms with Crippen LogP contribution in [0.2, 0.25) is 0 Å². The molecule has 4 nitrogen and oxygen atoms in total. The van der Waals surface area contributed by atoms with Gasteiger partial charge in [0.1, 0.15) is 17.0 Å². The third-order valence-electron chi connectivity index (χ3n) is 11.7. The third kappa shape index (κ3) is 5.49. The minimum Gasteiger partial charge on any atom is -0.456 e. The summed E-state index contributed by atoms with van der Waals surface area (Å²) in [5.41, 5.74) is 16.3. The van der Waals surface area contributed by atoms with E-state index in [4.69, 9.17) is 9.40 Å². The third-order valence-corrected chi connectivity index (χ3v) is 11.7. The molecule has 0 saturated carbocycles. The maximum atomic E-state index is 6.50. The van der Waals surface area contributed by atoms with E-state index in [1.807, 2.05) is 0 Å². The second-order valence-corrected chi connectivity index (χ2v) is 15.2. The van der Waals surface area contributed by atoms with Crippen LogP contribution in [-0.4, -0.2) is 14.1 Å². The topological polar surface area (TPSA) is 35.9 Å². The average molecular weight is 754 g/mol. The summed E-state index contributed by atoms with van der Waals surface area (Å²) in [6, 6.07) is 75.6. The van der Waals surface area contributed by atoms with Crippen molar-refractivity contribution in [3.05, 3.63) is 212 Å². The summed E-state index contributed by atoms with van der Waals surface area (Å²) in [5.74, 6) is 0.880. The summed E-state index contributed by atoms with van der Waals surface area (Å²) < 4.78 is 11.2. The van der Waals surface area contributed by atoms with E-state index in [2.05, 4.69) is 221 Å². The van der Waals surface area contributed by atoms with Crippen molar-refractivity contribution in [3.63, 3.8) is 0 Å². The van der Waals surface area contributed by atoms with Crippen molar-refractivity contribution in [2.45, 2.75) is 0 Å². The number of fused-ring (bicyclic) bond motifs is 7. The summed E-state index contributed by atoms with van der Waals surface area (Å²) in [4.78, 5) is 5.27. The first-order chi connectivity index (χ1) is 29.2. The predicted molar refractivity (Wildman–Crippen MR) is 244 cm³/mol. The molecule has 0 amide bonds. The largest absolute Gasteiger partial charge is 0.456 e. The Labute approximate surface area is 340 Å². The normalized spacial score (nSPS) is 11.7. The van der Waals surface area contributed by atoms with Gasteiger partial charge in [-0.15, -0.1) is 0 Å². The zero-order valence-electron chi connectivity index (χ0n) is 32.0. The van der Waals surface area contributed by atoms with Crippen LogP contribution in [0, 0.1) is 0 Å². The van der Waals surface area contributed by atoms with Gasteiger partial charge >= 0.3 is 0 Å². The van der Waals surface area contributed by atoms with E-state index in [0.717, 1.165) is 61.3 Å². The molecule has 276 valence electrons. The molecule has 3 aromatic heterocycles. The van der Waals surface area contributed by atoms with Crippen LogP contribution in [0.3, 0.4) is 0 Å². The highest BCUT2D eigenvalue weighted by Crippen LogP contribution is 2.39. The number of benzene rings is 9. The molecule has 0 N–H and O–H groups in total. The second kappa shape index (κ2) is 13.3. The van der Waals surface area contributed by atoms with Crippen molar-refractivity contribution in [3.8, 4) is 56.1 Å². The molecular weight excluding hydrogens is 719 g/mol. The molecule has 0 atom stereocenters. The first-order valence-corrected chi connectivity index (χ1v) is 20.0. The van der Waals surface area contributed by atoms with Crippen LogP contribution < -0.4 is 0 Å². The fraction of sp³-hybridized carbons (Fsp3) is 0. The maximum Gasteiger partial charge on any atom is 0.145 e. The number of rotatable bonds is 6. The molecule has 0 aliphatic heterocycles. The minimum absolute atomic E-state index is 0.846. The van der Waals surface area contributed by atoms with Gasteiger partial charge in [0.15, 0.2) is 0 Å². The number of nitrogens with zero attached hydrogens (tertiary/aromatic N) is 3. The van der Waals surface area contributed by atoms with E-state index in [0.29, 0.717) is 0 Å². The number of hydrogen-bond acceptors (Lipinski definition) is 2. The summed E-state index contributed by atoms with van der Waals surface area (Å²) in [7, 11) is 0. The van der Waals surface area contributed by atoms with Gasteiger partial charge < -0.3 is 8.98 Å². The van der Waals surface area contributed by atoms with Crippen molar-refractivity contribution in [2.24, 2.45) is 0 Å². The van der Waals surface area contributed by atoms with Crippen LogP contribution in [0.1, 0.15) is 0 Å². The number of furan rings is 1. The molecule has 0 aliphatic rings. The van der Waals surface area contributed by atoms with Crippen molar-refractivity contribution < 1.29 is 4.42 Å². The minimum atomic E-state index is 0.846. The van der Waals surface area contributed by atoms with Gasteiger partial charge in [-0.25, -0.2) is 4.98 Å². The van der Waals surface area contributed by atoms with E-state index in [-0.39, 0.29) is 0 Å². The SMILES string of the molecule is c1ccc(-c2cccc(-c3cccc(-n4c(-c5ccc6oc7ccc(-n8c9ccccc9c9cc(-c%10ccccc%10)ccc98)cc7c6c5)nc5ccccc54)c3)c2)cc1. The van der Waals surface area contributed by atoms with Crippen LogP contribution >= 0.6 is 0 Å². The van der Waals surface area contributed by atoms with E-state index in [1.54, 1.807) is 0 Å². The zero-order chi connectivity index (χ0) is 38.9. The quantitative estimate of drug-likeness (QED) is 0.169. The summed E-state index contributed by atoms with van der Waals surface area (Å²) in [6.45, 7) is 0. The van der Waals surface area contributed by atoms with E-state index in [1.165, 1.54) is 49.6 Å². The van der Waals surface area contributed by atoms with Crippen LogP contribution in [0.15, 0.2) is 217 Å². The van der Waals surface area contributed by atoms with Gasteiger partial charge in [-0.05, 0) is 118 Å². The molecule has 9 aromatic carbocycles. The highest BCUT2D eigenvalue weighted by atomic mass is 16.3. The van der Waals surface area contributed by atoms with Gasteiger partial charge in [0.2, 0.25) is 0 Å². The number of imidazole rings is 1. The summed E-state index contributed by atoms with van der Waals surface area (Å²) in [5, 5.41) is 4.57. The van der Waals surface area contributed by atoms with Crippen molar-refractivity contribution in [1.29, 1.82) is 0 Å². The molecule has 3 heterocycles. The Morgan fingerprint density at radius 2 is 0.847 bits per heavy atom. The monoisotopic (exact) mass is 753 g/mol. The first kappa shape index (κ1) is 33.2. The number of aromatic nitrogens is 3. The Kier molecular flexibility index (Phi) is 7.50. The predicted octanol–water partition coefficient (Wildman–Crippen LogP) is 14.7. The van der Waals surface area contributed by atoms with Crippen LogP contribution in [0.5, 0.6) is 0 Å². The second-order valence-electron chi connectivity index (χ2n) is 15.2. The molecule has 12 aromatic rings. The van der Waals surface area contributed by atoms with Gasteiger partial charge in [0, 0.05) is 38.5 Å². The lowest BCUT2D eigenvalue weighted by molar-refractivity contribution is 0.669. The Morgan fingerprint density at radius 3 is 1.64 bits per heavy atom. The lowest BCUT2D eigenvalue weighted by Gasteiger charge is -2.12. The standard InChI is InChI=1S/C55H35N3O/c1-3-13-36(14-4-1)38-17-11-18-39(31-38)40-19-12-20-43(32-40)58-52-24-10-8-22-49(52)56-55(58)42-26-29-53-47(34-42)48-35-44(27-30-54(48)59-53)57-50-23-9-7-21-45(50)46-33-41(25-28-51(46)57)37-15-5-2-6-16-37/h1-35H. The van der Waals surface area contributed by atoms with Crippen LogP contribution in [-0.2, 0) is 0 Å². The molecule has 0 spiro atoms. The van der Waals surface area contributed by atoms with E-state index < -0.39 is 0 Å². The molecule has 0 aliphatic carbocycles. The van der Waals surface area contributed by atoms with Gasteiger partial charge in [-0.2, -0.15) is 0 Å². The van der Waals surface area contributed by atoms with Crippen LogP contribution in [0.25, 0.3) is 111 Å². The number of hydrogen-bond donors (Lipinski definition) is 0. The lowest BCUT2D eigenvalue weighted by atomic mass is 9.99. The Hall–Kier alpha value is -7.95. The molecule has 4 heteroatoms. The Morgan fingerprint density at radius 1 is 0.305 bits per heavy atom. The van der Waals surface area contributed by atoms with Gasteiger partial charge in [-0.3, -0.25) is 4.57 Å². The fourth-order valence-electron chi connectivity index (χ4n) is 8.92. The average Bonchev–Trinajstić information content (AvgIpc) is 3.99. The highest BCUT2D eigenvalue weighted by molar-refractivity contribution is 6.12. The van der Waals surface area contributed by atoms with Crippen molar-refractivity contribution >= 4 is 54.8 Å². The molecular formula is C55H35N3O. The van der Waals surface area contributed by atoms with Crippen LogP contribution in [0.4, 0.5) is 0 Å². The Bertz CT molecular complexity index is 3550. The Balaban J connectivity index is 0.995. The molecule has 12 rings (SSSR count). The first-order valence-electron chi connectivity index (χ1n) is 20.0. The highest BCUT2D eigenvalue weighted by Gasteiger charge is 2.19. The lowest BCUT2D eigenvalue weighted by Crippen LogP contribution is -1.98. The molecule has 0 radical (unpaired) electrons.